The van der Waals surface area contributed by atoms with Gasteiger partial charge in [-0.2, -0.15) is 8.42 Å². The molecule has 10 nitrogen and oxygen atoms in total. The molecule has 11 heteroatoms. The molecule has 2 rings (SSSR count). The second kappa shape index (κ2) is 17.0. The molecule has 2 aromatic rings. The van der Waals surface area contributed by atoms with Crippen LogP contribution < -0.4 is 4.74 Å². The van der Waals surface area contributed by atoms with Crippen molar-refractivity contribution < 1.29 is 45.8 Å². The molecule has 0 aromatic heterocycles. The van der Waals surface area contributed by atoms with Gasteiger partial charge in [-0.3, -0.25) is 4.18 Å². The molecule has 0 heterocycles. The molecule has 0 saturated heterocycles. The monoisotopic (exact) mass is 526 g/mol. The smallest absolute Gasteiger partial charge is 0.337 e. The van der Waals surface area contributed by atoms with Gasteiger partial charge in [-0.05, 0) is 43.3 Å². The number of esters is 1. The Labute approximate surface area is 212 Å². The zero-order valence-corrected chi connectivity index (χ0v) is 21.5. The lowest BCUT2D eigenvalue weighted by Gasteiger charge is -2.09. The minimum absolute atomic E-state index is 0.0635. The first-order valence-corrected chi connectivity index (χ1v) is 12.9. The summed E-state index contributed by atoms with van der Waals surface area (Å²) in [5, 5.41) is 0. The van der Waals surface area contributed by atoms with E-state index < -0.39 is 16.1 Å². The lowest BCUT2D eigenvalue weighted by molar-refractivity contribution is -0.00682. The SMILES string of the molecule is COC(=O)c1ccc(OCCOCCOCCOCCOCCOS(=O)(=O)c2ccc(C)cc2)cc1. The zero-order valence-electron chi connectivity index (χ0n) is 20.7. The highest BCUT2D eigenvalue weighted by Gasteiger charge is 2.14. The van der Waals surface area contributed by atoms with Crippen LogP contribution >= 0.6 is 0 Å². The van der Waals surface area contributed by atoms with E-state index in [-0.39, 0.29) is 18.1 Å². The topological polar surface area (TPSA) is 116 Å². The Morgan fingerprint density at radius 2 is 1.14 bits per heavy atom. The third kappa shape index (κ3) is 11.9. The Kier molecular flexibility index (Phi) is 14.0. The van der Waals surface area contributed by atoms with Gasteiger partial charge in [-0.25, -0.2) is 4.79 Å². The van der Waals surface area contributed by atoms with E-state index in [0.29, 0.717) is 64.2 Å². The van der Waals surface area contributed by atoms with Crippen LogP contribution in [-0.4, -0.2) is 87.6 Å². The van der Waals surface area contributed by atoms with Crippen molar-refractivity contribution in [1.29, 1.82) is 0 Å². The fourth-order valence-corrected chi connectivity index (χ4v) is 3.65. The van der Waals surface area contributed by atoms with E-state index in [4.69, 9.17) is 27.9 Å². The molecule has 36 heavy (non-hydrogen) atoms. The predicted molar refractivity (Wildman–Crippen MR) is 131 cm³/mol. The van der Waals surface area contributed by atoms with E-state index in [2.05, 4.69) is 4.74 Å². The maximum Gasteiger partial charge on any atom is 0.337 e. The maximum absolute atomic E-state index is 12.0. The molecule has 0 unspecified atom stereocenters. The molecule has 0 N–H and O–H groups in total. The van der Waals surface area contributed by atoms with Crippen LogP contribution in [0.15, 0.2) is 53.4 Å². The molecular weight excluding hydrogens is 492 g/mol. The van der Waals surface area contributed by atoms with Crippen LogP contribution in [0.5, 0.6) is 5.75 Å². The number of benzene rings is 2. The first-order valence-electron chi connectivity index (χ1n) is 11.5. The number of rotatable bonds is 19. The summed E-state index contributed by atoms with van der Waals surface area (Å²) < 4.78 is 60.7. The van der Waals surface area contributed by atoms with Crippen molar-refractivity contribution in [3.05, 3.63) is 59.7 Å². The summed E-state index contributed by atoms with van der Waals surface area (Å²) in [5.41, 5.74) is 1.44. The van der Waals surface area contributed by atoms with E-state index in [0.717, 1.165) is 5.56 Å². The lowest BCUT2D eigenvalue weighted by Crippen LogP contribution is -2.15. The fraction of sp³-hybridized carbons (Fsp3) is 0.480. The molecule has 0 atom stereocenters. The summed E-state index contributed by atoms with van der Waals surface area (Å²) in [6.07, 6.45) is 0. The molecule has 0 fully saturated rings. The fourth-order valence-electron chi connectivity index (χ4n) is 2.76. The van der Waals surface area contributed by atoms with Gasteiger partial charge in [0.05, 0.1) is 77.0 Å². The Hall–Kier alpha value is -2.54. The molecule has 0 aliphatic heterocycles. The first kappa shape index (κ1) is 29.7. The number of methoxy groups -OCH3 is 1. The Bertz CT molecular complexity index is 975. The highest BCUT2D eigenvalue weighted by atomic mass is 32.2. The normalized spacial score (nSPS) is 11.4. The van der Waals surface area contributed by atoms with Crippen LogP contribution in [0.4, 0.5) is 0 Å². The number of hydrogen-bond donors (Lipinski definition) is 0. The van der Waals surface area contributed by atoms with Crippen molar-refractivity contribution in [2.75, 3.05) is 73.2 Å². The first-order chi connectivity index (χ1) is 17.4. The van der Waals surface area contributed by atoms with E-state index in [1.165, 1.54) is 19.2 Å². The van der Waals surface area contributed by atoms with Gasteiger partial charge in [-0.1, -0.05) is 17.7 Å². The summed E-state index contributed by atoms with van der Waals surface area (Å²) in [4.78, 5) is 11.5. The zero-order chi connectivity index (χ0) is 26.1. The highest BCUT2D eigenvalue weighted by Crippen LogP contribution is 2.13. The van der Waals surface area contributed by atoms with Gasteiger partial charge in [0, 0.05) is 0 Å². The van der Waals surface area contributed by atoms with Gasteiger partial charge in [-0.15, -0.1) is 0 Å². The van der Waals surface area contributed by atoms with Crippen molar-refractivity contribution in [3.63, 3.8) is 0 Å². The highest BCUT2D eigenvalue weighted by molar-refractivity contribution is 7.86. The largest absolute Gasteiger partial charge is 0.491 e. The minimum atomic E-state index is -3.77. The van der Waals surface area contributed by atoms with E-state index >= 15 is 0 Å². The molecule has 200 valence electrons. The van der Waals surface area contributed by atoms with Gasteiger partial charge >= 0.3 is 5.97 Å². The quantitative estimate of drug-likeness (QED) is 0.154. The van der Waals surface area contributed by atoms with Crippen molar-refractivity contribution >= 4 is 16.1 Å². The molecule has 0 aliphatic carbocycles. The lowest BCUT2D eigenvalue weighted by atomic mass is 10.2. The van der Waals surface area contributed by atoms with Crippen LogP contribution in [0.1, 0.15) is 15.9 Å². The molecule has 0 aliphatic rings. The third-order valence-electron chi connectivity index (χ3n) is 4.66. The molecular formula is C25H34O10S. The van der Waals surface area contributed by atoms with E-state index in [1.807, 2.05) is 6.92 Å². The molecule has 0 spiro atoms. The van der Waals surface area contributed by atoms with Gasteiger partial charge < -0.3 is 28.4 Å². The van der Waals surface area contributed by atoms with Gasteiger partial charge in [0.1, 0.15) is 12.4 Å². The van der Waals surface area contributed by atoms with Crippen LogP contribution in [0.25, 0.3) is 0 Å². The van der Waals surface area contributed by atoms with E-state index in [1.54, 1.807) is 36.4 Å². The standard InChI is InChI=1S/C25H34O10S/c1-21-3-9-24(10-4-21)36(27,28)35-20-18-33-16-14-31-12-11-30-13-15-32-17-19-34-23-7-5-22(6-8-23)25(26)29-2/h3-10H,11-20H2,1-2H3. The predicted octanol–water partition coefficient (Wildman–Crippen LogP) is 2.63. The Morgan fingerprint density at radius 3 is 1.64 bits per heavy atom. The average molecular weight is 527 g/mol. The number of hydrogen-bond acceptors (Lipinski definition) is 10. The van der Waals surface area contributed by atoms with Gasteiger partial charge in [0.15, 0.2) is 0 Å². The van der Waals surface area contributed by atoms with E-state index in [9.17, 15) is 13.2 Å². The van der Waals surface area contributed by atoms with Crippen LogP contribution in [0, 0.1) is 6.92 Å². The number of ether oxygens (including phenoxy) is 6. The molecule has 0 bridgehead atoms. The average Bonchev–Trinajstić information content (AvgIpc) is 2.88. The Morgan fingerprint density at radius 1 is 0.667 bits per heavy atom. The minimum Gasteiger partial charge on any atom is -0.491 e. The summed E-state index contributed by atoms with van der Waals surface area (Å²) in [7, 11) is -2.44. The van der Waals surface area contributed by atoms with Gasteiger partial charge in [0.25, 0.3) is 10.1 Å². The van der Waals surface area contributed by atoms with Crippen molar-refractivity contribution in [1.82, 2.24) is 0 Å². The Balaban J connectivity index is 1.35. The number of carbonyl (C=O) groups is 1. The van der Waals surface area contributed by atoms with Crippen LogP contribution in [0.2, 0.25) is 0 Å². The van der Waals surface area contributed by atoms with Gasteiger partial charge in [0.2, 0.25) is 0 Å². The molecule has 2 aromatic carbocycles. The van der Waals surface area contributed by atoms with Crippen molar-refractivity contribution in [3.8, 4) is 5.75 Å². The summed E-state index contributed by atoms with van der Waals surface area (Å²) in [6, 6.07) is 13.1. The summed E-state index contributed by atoms with van der Waals surface area (Å²) in [6.45, 7) is 5.12. The maximum atomic E-state index is 12.0. The third-order valence-corrected chi connectivity index (χ3v) is 5.99. The second-order valence-corrected chi connectivity index (χ2v) is 9.02. The van der Waals surface area contributed by atoms with Crippen molar-refractivity contribution in [2.45, 2.75) is 11.8 Å². The second-order valence-electron chi connectivity index (χ2n) is 7.40. The molecule has 0 saturated carbocycles. The number of aryl methyl sites for hydroxylation is 1. The molecule has 0 radical (unpaired) electrons. The van der Waals surface area contributed by atoms with Crippen molar-refractivity contribution in [2.24, 2.45) is 0 Å². The summed E-state index contributed by atoms with van der Waals surface area (Å²) in [5.74, 6) is 0.252. The summed E-state index contributed by atoms with van der Waals surface area (Å²) >= 11 is 0. The number of carbonyl (C=O) groups excluding carboxylic acids is 1. The van der Waals surface area contributed by atoms with Crippen LogP contribution in [-0.2, 0) is 38.0 Å². The van der Waals surface area contributed by atoms with Crippen LogP contribution in [0.3, 0.4) is 0 Å². The molecule has 0 amide bonds.